The molecule has 2 atom stereocenters. The van der Waals surface area contributed by atoms with E-state index in [-0.39, 0.29) is 16.4 Å². The molecule has 0 aromatic carbocycles. The first kappa shape index (κ1) is 17.4. The fourth-order valence-electron chi connectivity index (χ4n) is 3.13. The lowest BCUT2D eigenvalue weighted by Crippen LogP contribution is -2.60. The van der Waals surface area contributed by atoms with Gasteiger partial charge in [-0.15, -0.1) is 0 Å². The van der Waals surface area contributed by atoms with Gasteiger partial charge in [-0.1, -0.05) is 6.92 Å². The van der Waals surface area contributed by atoms with E-state index in [1.807, 2.05) is 0 Å². The second kappa shape index (κ2) is 6.01. The Kier molecular flexibility index (Phi) is 5.51. The van der Waals surface area contributed by atoms with Crippen LogP contribution in [-0.2, 0) is 9.18 Å². The normalized spacial score (nSPS) is 27.7. The van der Waals surface area contributed by atoms with Crippen LogP contribution in [0.25, 0.3) is 0 Å². The first-order chi connectivity index (χ1) is 8.56. The van der Waals surface area contributed by atoms with Gasteiger partial charge in [-0.05, 0) is 60.9 Å². The summed E-state index contributed by atoms with van der Waals surface area (Å²) in [5.74, 6) is 0. The van der Waals surface area contributed by atoms with Gasteiger partial charge in [-0.3, -0.25) is 4.90 Å². The molecule has 0 radical (unpaired) electrons. The van der Waals surface area contributed by atoms with E-state index in [0.29, 0.717) is 14.9 Å². The molecule has 5 heteroatoms. The molecule has 0 aromatic rings. The number of hydrogen-bond acceptors (Lipinski definition) is 3. The van der Waals surface area contributed by atoms with Gasteiger partial charge >= 0.3 is 0 Å². The summed E-state index contributed by atoms with van der Waals surface area (Å²) in [6.45, 7) is 13.6. The van der Waals surface area contributed by atoms with Gasteiger partial charge in [-0.2, -0.15) is 0 Å². The average Bonchev–Trinajstić information content (AvgIpc) is 2.25. The van der Waals surface area contributed by atoms with E-state index < -0.39 is 0 Å². The van der Waals surface area contributed by atoms with Crippen molar-refractivity contribution in [2.24, 2.45) is 0 Å². The van der Waals surface area contributed by atoms with Crippen molar-refractivity contribution in [1.29, 1.82) is 0 Å². The SMILES string of the molecule is BOPC(C)(CC)OC1CC(C)(C)N(C)C(C)(C)C1. The summed E-state index contributed by atoms with van der Waals surface area (Å²) < 4.78 is 11.8. The molecule has 1 heterocycles. The molecule has 19 heavy (non-hydrogen) atoms. The van der Waals surface area contributed by atoms with Crippen molar-refractivity contribution in [2.45, 2.75) is 83.3 Å². The molecule has 0 saturated carbocycles. The zero-order valence-electron chi connectivity index (χ0n) is 14.0. The van der Waals surface area contributed by atoms with E-state index in [0.717, 1.165) is 19.3 Å². The van der Waals surface area contributed by atoms with Gasteiger partial charge in [0.2, 0.25) is 0 Å². The highest BCUT2D eigenvalue weighted by molar-refractivity contribution is 7.35. The van der Waals surface area contributed by atoms with Crippen molar-refractivity contribution >= 4 is 16.9 Å². The van der Waals surface area contributed by atoms with Crippen LogP contribution in [-0.4, -0.2) is 42.5 Å². The van der Waals surface area contributed by atoms with Gasteiger partial charge in [0.15, 0.2) is 0 Å². The van der Waals surface area contributed by atoms with Crippen LogP contribution in [0.15, 0.2) is 0 Å². The molecular weight excluding hydrogens is 256 g/mol. The van der Waals surface area contributed by atoms with Crippen LogP contribution in [0.1, 0.15) is 60.8 Å². The first-order valence-electron chi connectivity index (χ1n) is 7.28. The fraction of sp³-hybridized carbons (Fsp3) is 1.00. The molecule has 112 valence electrons. The minimum Gasteiger partial charge on any atom is -0.424 e. The predicted molar refractivity (Wildman–Crippen MR) is 86.7 cm³/mol. The van der Waals surface area contributed by atoms with Crippen molar-refractivity contribution in [1.82, 2.24) is 4.90 Å². The van der Waals surface area contributed by atoms with Gasteiger partial charge in [0, 0.05) is 19.9 Å². The lowest BCUT2D eigenvalue weighted by molar-refractivity contribution is -0.123. The van der Waals surface area contributed by atoms with Crippen molar-refractivity contribution in [3.8, 4) is 0 Å². The summed E-state index contributed by atoms with van der Waals surface area (Å²) in [6.07, 6.45) is 3.47. The predicted octanol–water partition coefficient (Wildman–Crippen LogP) is 2.94. The first-order valence-corrected chi connectivity index (χ1v) is 8.19. The van der Waals surface area contributed by atoms with Gasteiger partial charge in [0.25, 0.3) is 8.05 Å². The third-order valence-electron chi connectivity index (χ3n) is 4.69. The Morgan fingerprint density at radius 3 is 2.11 bits per heavy atom. The maximum atomic E-state index is 6.45. The molecule has 1 aliphatic rings. The summed E-state index contributed by atoms with van der Waals surface area (Å²) in [6, 6.07) is 0. The quantitative estimate of drug-likeness (QED) is 0.573. The van der Waals surface area contributed by atoms with E-state index in [1.54, 1.807) is 8.05 Å². The summed E-state index contributed by atoms with van der Waals surface area (Å²) in [4.78, 5) is 2.49. The van der Waals surface area contributed by atoms with Gasteiger partial charge in [-0.25, -0.2) is 0 Å². The number of ether oxygens (including phenoxy) is 1. The van der Waals surface area contributed by atoms with Crippen LogP contribution in [0.4, 0.5) is 0 Å². The van der Waals surface area contributed by atoms with E-state index >= 15 is 0 Å². The summed E-state index contributed by atoms with van der Waals surface area (Å²) in [5, 5.41) is -0.137. The second-order valence-corrected chi connectivity index (χ2v) is 8.89. The lowest BCUT2D eigenvalue weighted by atomic mass is 9.78. The summed E-state index contributed by atoms with van der Waals surface area (Å²) in [7, 11) is 4.40. The Labute approximate surface area is 122 Å². The highest BCUT2D eigenvalue weighted by Gasteiger charge is 2.45. The number of rotatable bonds is 5. The smallest absolute Gasteiger partial charge is 0.262 e. The van der Waals surface area contributed by atoms with Crippen LogP contribution >= 0.6 is 8.81 Å². The fourth-order valence-corrected chi connectivity index (χ4v) is 3.92. The van der Waals surface area contributed by atoms with E-state index in [1.165, 1.54) is 0 Å². The minimum absolute atomic E-state index is 0.137. The Morgan fingerprint density at radius 2 is 1.74 bits per heavy atom. The number of piperidine rings is 1. The third kappa shape index (κ3) is 4.17. The maximum absolute atomic E-state index is 6.45. The Bertz CT molecular complexity index is 294. The molecule has 0 aliphatic carbocycles. The van der Waals surface area contributed by atoms with E-state index in [9.17, 15) is 0 Å². The molecule has 2 unspecified atom stereocenters. The van der Waals surface area contributed by atoms with Gasteiger partial charge in [0.1, 0.15) is 5.34 Å². The molecule has 1 saturated heterocycles. The summed E-state index contributed by atoms with van der Waals surface area (Å²) >= 11 is 0. The molecule has 0 amide bonds. The molecule has 0 bridgehead atoms. The molecule has 1 fully saturated rings. The number of nitrogens with zero attached hydrogens (tertiary/aromatic N) is 1. The summed E-state index contributed by atoms with van der Waals surface area (Å²) in [5.41, 5.74) is 0.356. The lowest BCUT2D eigenvalue weighted by Gasteiger charge is -2.54. The van der Waals surface area contributed by atoms with Crippen LogP contribution < -0.4 is 0 Å². The highest BCUT2D eigenvalue weighted by atomic mass is 31.1. The molecular formula is C14H31BNO2P. The molecule has 0 spiro atoms. The number of hydrogen-bond donors (Lipinski definition) is 0. The molecule has 3 nitrogen and oxygen atoms in total. The highest BCUT2D eigenvalue weighted by Crippen LogP contribution is 2.43. The van der Waals surface area contributed by atoms with Crippen molar-refractivity contribution in [3.63, 3.8) is 0 Å². The monoisotopic (exact) mass is 287 g/mol. The van der Waals surface area contributed by atoms with Crippen LogP contribution in [0, 0.1) is 0 Å². The molecule has 0 N–H and O–H groups in total. The van der Waals surface area contributed by atoms with Crippen LogP contribution in [0.2, 0.25) is 0 Å². The third-order valence-corrected chi connectivity index (χ3v) is 5.80. The standard InChI is InChI=1S/C14H31BNO2P/c1-8-14(6,19-18-15)17-11-9-12(2,3)16(7)13(4,5)10-11/h11,19H,8-10,15H2,1-7H3. The van der Waals surface area contributed by atoms with E-state index in [4.69, 9.17) is 9.18 Å². The van der Waals surface area contributed by atoms with Crippen molar-refractivity contribution < 1.29 is 9.18 Å². The van der Waals surface area contributed by atoms with Gasteiger partial charge < -0.3 is 9.18 Å². The second-order valence-electron chi connectivity index (χ2n) is 7.22. The van der Waals surface area contributed by atoms with Crippen LogP contribution in [0.3, 0.4) is 0 Å². The van der Waals surface area contributed by atoms with Gasteiger partial charge in [0.05, 0.1) is 6.10 Å². The zero-order chi connectivity index (χ0) is 14.9. The zero-order valence-corrected chi connectivity index (χ0v) is 15.0. The Balaban J connectivity index is 2.80. The van der Waals surface area contributed by atoms with Crippen LogP contribution in [0.5, 0.6) is 0 Å². The Morgan fingerprint density at radius 1 is 1.26 bits per heavy atom. The van der Waals surface area contributed by atoms with Crippen molar-refractivity contribution in [3.05, 3.63) is 0 Å². The Hall–Kier alpha value is 0.375. The molecule has 0 aromatic heterocycles. The minimum atomic E-state index is -0.137. The van der Waals surface area contributed by atoms with Crippen molar-refractivity contribution in [2.75, 3.05) is 7.05 Å². The topological polar surface area (TPSA) is 21.7 Å². The largest absolute Gasteiger partial charge is 0.424 e. The van der Waals surface area contributed by atoms with E-state index in [2.05, 4.69) is 53.5 Å². The molecule has 1 rings (SSSR count). The maximum Gasteiger partial charge on any atom is 0.262 e. The molecule has 1 aliphatic heterocycles. The number of likely N-dealkylation sites (tertiary alicyclic amines) is 1. The average molecular weight is 287 g/mol.